The second-order valence-electron chi connectivity index (χ2n) is 4.56. The number of hydrogen-bond donors (Lipinski definition) is 1. The van der Waals surface area contributed by atoms with Gasteiger partial charge in [-0.1, -0.05) is 6.07 Å². The summed E-state index contributed by atoms with van der Waals surface area (Å²) in [5.41, 5.74) is 7.28. The van der Waals surface area contributed by atoms with Gasteiger partial charge in [-0.05, 0) is 19.1 Å². The minimum absolute atomic E-state index is 0.272. The van der Waals surface area contributed by atoms with Crippen LogP contribution < -0.4 is 5.73 Å². The molecule has 0 spiro atoms. The predicted octanol–water partition coefficient (Wildman–Crippen LogP) is 1.42. The van der Waals surface area contributed by atoms with Crippen LogP contribution in [0.4, 0.5) is 5.69 Å². The smallest absolute Gasteiger partial charge is 0.264 e. The molecule has 20 heavy (non-hydrogen) atoms. The van der Waals surface area contributed by atoms with E-state index in [1.807, 2.05) is 0 Å². The van der Waals surface area contributed by atoms with Crippen LogP contribution in [0, 0.1) is 0 Å². The van der Waals surface area contributed by atoms with Crippen molar-refractivity contribution >= 4 is 17.5 Å². The van der Waals surface area contributed by atoms with Crippen molar-refractivity contribution in [3.05, 3.63) is 53.6 Å². The summed E-state index contributed by atoms with van der Waals surface area (Å²) in [4.78, 5) is 34.1. The summed E-state index contributed by atoms with van der Waals surface area (Å²) in [5, 5.41) is 0. The molecule has 100 valence electrons. The van der Waals surface area contributed by atoms with Gasteiger partial charge < -0.3 is 5.73 Å². The summed E-state index contributed by atoms with van der Waals surface area (Å²) in [7, 11) is 0. The van der Waals surface area contributed by atoms with Crippen LogP contribution in [-0.2, 0) is 0 Å². The van der Waals surface area contributed by atoms with E-state index in [2.05, 4.69) is 9.97 Å². The molecule has 1 aliphatic rings. The number of nitrogens with two attached hydrogens (primary N) is 1. The van der Waals surface area contributed by atoms with Crippen LogP contribution in [0.25, 0.3) is 0 Å². The Morgan fingerprint density at radius 3 is 2.65 bits per heavy atom. The van der Waals surface area contributed by atoms with Crippen molar-refractivity contribution in [2.75, 3.05) is 5.73 Å². The molecule has 1 aromatic heterocycles. The van der Waals surface area contributed by atoms with Crippen molar-refractivity contribution in [2.45, 2.75) is 13.0 Å². The Morgan fingerprint density at radius 1 is 1.20 bits per heavy atom. The molecule has 1 aliphatic heterocycles. The largest absolute Gasteiger partial charge is 0.398 e. The molecule has 6 nitrogen and oxygen atoms in total. The van der Waals surface area contributed by atoms with Crippen molar-refractivity contribution in [2.24, 2.45) is 0 Å². The minimum atomic E-state index is -0.490. The second-order valence-corrected chi connectivity index (χ2v) is 4.56. The van der Waals surface area contributed by atoms with Crippen LogP contribution in [-0.4, -0.2) is 26.7 Å². The molecular weight excluding hydrogens is 256 g/mol. The number of aromatic nitrogens is 2. The topological polar surface area (TPSA) is 89.2 Å². The molecule has 0 saturated heterocycles. The number of carbonyl (C=O) groups is 2. The lowest BCUT2D eigenvalue weighted by Crippen LogP contribution is -2.33. The second kappa shape index (κ2) is 4.41. The van der Waals surface area contributed by atoms with Gasteiger partial charge >= 0.3 is 0 Å². The zero-order valence-electron chi connectivity index (χ0n) is 10.8. The van der Waals surface area contributed by atoms with Gasteiger partial charge in [0.25, 0.3) is 11.8 Å². The molecule has 2 N–H and O–H groups in total. The molecule has 1 atom stereocenters. The first-order chi connectivity index (χ1) is 9.61. The maximum absolute atomic E-state index is 12.4. The zero-order valence-corrected chi connectivity index (χ0v) is 10.8. The van der Waals surface area contributed by atoms with Gasteiger partial charge in [0.2, 0.25) is 0 Å². The van der Waals surface area contributed by atoms with Crippen molar-refractivity contribution in [3.8, 4) is 0 Å². The van der Waals surface area contributed by atoms with Crippen LogP contribution >= 0.6 is 0 Å². The Morgan fingerprint density at radius 2 is 2.00 bits per heavy atom. The van der Waals surface area contributed by atoms with Gasteiger partial charge in [0.05, 0.1) is 29.1 Å². The van der Waals surface area contributed by atoms with E-state index >= 15 is 0 Å². The van der Waals surface area contributed by atoms with Crippen LogP contribution in [0.5, 0.6) is 0 Å². The fraction of sp³-hybridized carbons (Fsp3) is 0.143. The summed E-state index contributed by atoms with van der Waals surface area (Å²) in [6.45, 7) is 1.74. The molecule has 0 aliphatic carbocycles. The van der Waals surface area contributed by atoms with E-state index in [9.17, 15) is 9.59 Å². The molecular formula is C14H12N4O2. The Bertz CT molecular complexity index is 700. The van der Waals surface area contributed by atoms with E-state index in [0.29, 0.717) is 16.9 Å². The summed E-state index contributed by atoms with van der Waals surface area (Å²) in [6.07, 6.45) is 4.60. The molecule has 0 saturated carbocycles. The van der Waals surface area contributed by atoms with E-state index in [-0.39, 0.29) is 17.4 Å². The molecule has 2 aromatic rings. The van der Waals surface area contributed by atoms with Crippen LogP contribution in [0.15, 0.2) is 36.8 Å². The van der Waals surface area contributed by atoms with E-state index < -0.39 is 6.04 Å². The normalized spacial score (nSPS) is 15.3. The first-order valence-corrected chi connectivity index (χ1v) is 6.13. The monoisotopic (exact) mass is 268 g/mol. The van der Waals surface area contributed by atoms with Crippen LogP contribution in [0.1, 0.15) is 39.4 Å². The van der Waals surface area contributed by atoms with Gasteiger partial charge in [0.1, 0.15) is 0 Å². The lowest BCUT2D eigenvalue weighted by atomic mass is 10.1. The van der Waals surface area contributed by atoms with Crippen molar-refractivity contribution in [1.29, 1.82) is 0 Å². The molecule has 3 rings (SSSR count). The van der Waals surface area contributed by atoms with Gasteiger partial charge in [-0.25, -0.2) is 0 Å². The Balaban J connectivity index is 2.04. The number of rotatable bonds is 2. The minimum Gasteiger partial charge on any atom is -0.398 e. The first-order valence-electron chi connectivity index (χ1n) is 6.13. The Kier molecular flexibility index (Phi) is 2.71. The van der Waals surface area contributed by atoms with E-state index in [1.54, 1.807) is 25.1 Å². The van der Waals surface area contributed by atoms with Crippen LogP contribution in [0.3, 0.4) is 0 Å². The third-order valence-electron chi connectivity index (χ3n) is 3.38. The fourth-order valence-electron chi connectivity index (χ4n) is 2.34. The number of benzene rings is 1. The predicted molar refractivity (Wildman–Crippen MR) is 71.8 cm³/mol. The molecule has 1 aromatic carbocycles. The average molecular weight is 268 g/mol. The summed E-state index contributed by atoms with van der Waals surface area (Å²) in [5.74, 6) is -0.739. The summed E-state index contributed by atoms with van der Waals surface area (Å²) >= 11 is 0. The average Bonchev–Trinajstić information content (AvgIpc) is 2.72. The lowest BCUT2D eigenvalue weighted by molar-refractivity contribution is 0.0592. The van der Waals surface area contributed by atoms with Gasteiger partial charge in [0, 0.05) is 18.1 Å². The molecule has 0 radical (unpaired) electrons. The molecule has 2 heterocycles. The number of amides is 2. The number of nitrogens with zero attached hydrogens (tertiary/aromatic N) is 3. The van der Waals surface area contributed by atoms with Gasteiger partial charge in [-0.2, -0.15) is 0 Å². The third kappa shape index (κ3) is 1.65. The quantitative estimate of drug-likeness (QED) is 0.657. The van der Waals surface area contributed by atoms with Crippen molar-refractivity contribution < 1.29 is 9.59 Å². The maximum atomic E-state index is 12.4. The summed E-state index contributed by atoms with van der Waals surface area (Å²) in [6, 6.07) is 4.39. The highest BCUT2D eigenvalue weighted by Gasteiger charge is 2.40. The number of nitrogen functional groups attached to an aromatic ring is 1. The number of fused-ring (bicyclic) bond motifs is 1. The molecule has 0 bridgehead atoms. The fourth-order valence-corrected chi connectivity index (χ4v) is 2.34. The highest BCUT2D eigenvalue weighted by atomic mass is 16.2. The number of hydrogen-bond acceptors (Lipinski definition) is 5. The Labute approximate surface area is 115 Å². The third-order valence-corrected chi connectivity index (χ3v) is 3.38. The zero-order chi connectivity index (χ0) is 14.3. The van der Waals surface area contributed by atoms with Gasteiger partial charge in [0.15, 0.2) is 0 Å². The van der Waals surface area contributed by atoms with Gasteiger partial charge in [-0.15, -0.1) is 0 Å². The van der Waals surface area contributed by atoms with Crippen LogP contribution in [0.2, 0.25) is 0 Å². The highest BCUT2D eigenvalue weighted by molar-refractivity contribution is 6.23. The van der Waals surface area contributed by atoms with E-state index in [0.717, 1.165) is 0 Å². The number of imide groups is 1. The Hall–Kier alpha value is -2.76. The van der Waals surface area contributed by atoms with Gasteiger partial charge in [-0.3, -0.25) is 24.5 Å². The van der Waals surface area contributed by atoms with Crippen molar-refractivity contribution in [3.63, 3.8) is 0 Å². The molecule has 1 unspecified atom stereocenters. The number of anilines is 1. The SMILES string of the molecule is CC(c1cnccn1)N1C(=O)c2cccc(N)c2C1=O. The van der Waals surface area contributed by atoms with Crippen molar-refractivity contribution in [1.82, 2.24) is 14.9 Å². The molecule has 2 amide bonds. The number of carbonyl (C=O) groups excluding carboxylic acids is 2. The summed E-state index contributed by atoms with van der Waals surface area (Å²) < 4.78 is 0. The lowest BCUT2D eigenvalue weighted by Gasteiger charge is -2.21. The van der Waals surface area contributed by atoms with E-state index in [1.165, 1.54) is 23.5 Å². The standard InChI is InChI=1S/C14H12N4O2/c1-8(11-7-16-5-6-17-11)18-13(19)9-3-2-4-10(15)12(9)14(18)20/h2-8H,15H2,1H3. The molecule has 0 fully saturated rings. The molecule has 6 heteroatoms. The highest BCUT2D eigenvalue weighted by Crippen LogP contribution is 2.32. The first kappa shape index (κ1) is 12.3. The van der Waals surface area contributed by atoms with E-state index in [4.69, 9.17) is 5.73 Å². The maximum Gasteiger partial charge on any atom is 0.264 e.